The van der Waals surface area contributed by atoms with E-state index in [4.69, 9.17) is 5.11 Å². The molecule has 0 saturated heterocycles. The van der Waals surface area contributed by atoms with Crippen molar-refractivity contribution in [3.63, 3.8) is 0 Å². The predicted molar refractivity (Wildman–Crippen MR) is 30.0 cm³/mol. The van der Waals surface area contributed by atoms with E-state index in [9.17, 15) is 6.15 Å². The van der Waals surface area contributed by atoms with Gasteiger partial charge in [0.1, 0.15) is 0 Å². The van der Waals surface area contributed by atoms with E-state index in [2.05, 4.69) is 7.08 Å². The van der Waals surface area contributed by atoms with Crippen LogP contribution in [0.5, 0.6) is 0 Å². The van der Waals surface area contributed by atoms with Crippen LogP contribution in [0.15, 0.2) is 0 Å². The first kappa shape index (κ1) is 10.1. The number of hydrogen-bond donors (Lipinski definition) is 3. The molecule has 7 heteroatoms. The topological polar surface area (TPSA) is 78.4 Å². The van der Waals surface area contributed by atoms with E-state index in [0.29, 0.717) is 0 Å². The van der Waals surface area contributed by atoms with Gasteiger partial charge in [-0.2, -0.15) is 0 Å². The van der Waals surface area contributed by atoms with E-state index in [1.807, 2.05) is 0 Å². The molecule has 50 valence electrons. The number of aliphatic hydroxyl groups is 1. The van der Waals surface area contributed by atoms with Crippen LogP contribution in [0.1, 0.15) is 0 Å². The third-order valence-electron chi connectivity index (χ3n) is 0.649. The Morgan fingerprint density at radius 1 is 1.33 bits per heavy atom. The summed E-state index contributed by atoms with van der Waals surface area (Å²) in [7, 11) is 0. The van der Waals surface area contributed by atoms with Gasteiger partial charge < -0.3 is 0 Å². The van der Waals surface area contributed by atoms with Gasteiger partial charge in [0.2, 0.25) is 0 Å². The summed E-state index contributed by atoms with van der Waals surface area (Å²) in [5.74, 6) is 0. The number of rotatable bonds is 5. The summed E-state index contributed by atoms with van der Waals surface area (Å²) in [4.78, 5) is 0. The molecular formula is C2H6N2O3Sn2. The molecule has 0 aliphatic rings. The van der Waals surface area contributed by atoms with Gasteiger partial charge in [0.25, 0.3) is 0 Å². The van der Waals surface area contributed by atoms with E-state index < -0.39 is 49.0 Å². The van der Waals surface area contributed by atoms with E-state index >= 15 is 0 Å². The Bertz CT molecular complexity index is 89.8. The number of hydrogen-bond acceptors (Lipinski definition) is 3. The van der Waals surface area contributed by atoms with Gasteiger partial charge in [-0.1, -0.05) is 0 Å². The van der Waals surface area contributed by atoms with Crippen molar-refractivity contribution in [2.75, 3.05) is 6.61 Å². The summed E-state index contributed by atoms with van der Waals surface area (Å²) in [6.07, 6.45) is -0.404. The normalized spacial score (nSPS) is 9.56. The van der Waals surface area contributed by atoms with Gasteiger partial charge in [-0.05, 0) is 0 Å². The molecule has 0 unspecified atom stereocenters. The second-order valence-electron chi connectivity index (χ2n) is 1.23. The van der Waals surface area contributed by atoms with E-state index in [-0.39, 0.29) is 6.61 Å². The molecule has 0 amide bonds. The summed E-state index contributed by atoms with van der Waals surface area (Å²) in [5, 5.41) is 8.44. The predicted octanol–water partition coefficient (Wildman–Crippen LogP) is -2.59. The molecule has 0 aromatic heterocycles. The quantitative estimate of drug-likeness (QED) is 0.377. The van der Waals surface area contributed by atoms with Crippen molar-refractivity contribution in [3.05, 3.63) is 0 Å². The van der Waals surface area contributed by atoms with Gasteiger partial charge in [-0.15, -0.1) is 0 Å². The van der Waals surface area contributed by atoms with Gasteiger partial charge in [0, 0.05) is 0 Å². The molecule has 0 heterocycles. The van der Waals surface area contributed by atoms with E-state index in [1.54, 1.807) is 0 Å². The minimum atomic E-state index is -1.73. The molecule has 0 bridgehead atoms. The summed E-state index contributed by atoms with van der Waals surface area (Å²) in [6.45, 7) is -0.161. The van der Waals surface area contributed by atoms with Gasteiger partial charge >= 0.3 is 73.9 Å². The van der Waals surface area contributed by atoms with Crippen LogP contribution in [0, 0.1) is 0 Å². The Morgan fingerprint density at radius 3 is 2.00 bits per heavy atom. The van der Waals surface area contributed by atoms with Crippen molar-refractivity contribution < 1.29 is 11.3 Å². The minimum absolute atomic E-state index is 0.161. The zero-order valence-electron chi connectivity index (χ0n) is 4.55. The maximum atomic E-state index is 10.00. The molecule has 0 saturated carbocycles. The van der Waals surface area contributed by atoms with Crippen LogP contribution in [0.2, 0.25) is 0 Å². The Hall–Kier alpha value is 1.08. The van der Waals surface area contributed by atoms with Crippen LogP contribution < -0.4 is 7.08 Å². The Balaban J connectivity index is 3.39. The second kappa shape index (κ2) is 7.19. The van der Waals surface area contributed by atoms with Gasteiger partial charge in [-0.3, -0.25) is 0 Å². The molecule has 0 fully saturated rings. The summed E-state index contributed by atoms with van der Waals surface area (Å²) >= 11 is -3.46. The molecule has 9 heavy (non-hydrogen) atoms. The summed E-state index contributed by atoms with van der Waals surface area (Å²) in [6, 6.07) is 0. The average molecular weight is 344 g/mol. The number of aliphatic hydroxyl groups excluding tert-OH is 1. The van der Waals surface area contributed by atoms with Gasteiger partial charge in [0.05, 0.1) is 0 Å². The van der Waals surface area contributed by atoms with Crippen molar-refractivity contribution in [2.24, 2.45) is 0 Å². The first-order valence-electron chi connectivity index (χ1n) is 2.21. The van der Waals surface area contributed by atoms with E-state index in [0.717, 1.165) is 0 Å². The molecule has 3 N–H and O–H groups in total. The van der Waals surface area contributed by atoms with Crippen molar-refractivity contribution in [1.82, 2.24) is 7.08 Å². The molecule has 0 aromatic rings. The SMILES string of the molecule is [O]=[Sn][NH]C(CO)[NH][Sn]=[O]. The molecule has 0 rings (SSSR count). The van der Waals surface area contributed by atoms with Crippen molar-refractivity contribution >= 4 is 42.8 Å². The molecule has 0 aliphatic heterocycles. The van der Waals surface area contributed by atoms with Crippen LogP contribution in [0.25, 0.3) is 0 Å². The zero-order valence-corrected chi connectivity index (χ0v) is 10.3. The van der Waals surface area contributed by atoms with E-state index in [1.165, 1.54) is 0 Å². The Kier molecular flexibility index (Phi) is 8.05. The Morgan fingerprint density at radius 2 is 1.78 bits per heavy atom. The van der Waals surface area contributed by atoms with Crippen LogP contribution >= 0.6 is 0 Å². The maximum absolute atomic E-state index is 10.00. The third-order valence-corrected chi connectivity index (χ3v) is 3.31. The Labute approximate surface area is 73.5 Å². The summed E-state index contributed by atoms with van der Waals surface area (Å²) < 4.78 is 25.1. The van der Waals surface area contributed by atoms with Crippen LogP contribution in [0.4, 0.5) is 0 Å². The van der Waals surface area contributed by atoms with Gasteiger partial charge in [-0.25, -0.2) is 0 Å². The summed E-state index contributed by atoms with van der Waals surface area (Å²) in [5.41, 5.74) is 0. The van der Waals surface area contributed by atoms with Crippen LogP contribution in [0.3, 0.4) is 0 Å². The molecule has 0 spiro atoms. The fourth-order valence-electron chi connectivity index (χ4n) is 0.270. The van der Waals surface area contributed by atoms with Crippen molar-refractivity contribution in [3.8, 4) is 0 Å². The molecular weight excluding hydrogens is 337 g/mol. The molecule has 0 atom stereocenters. The number of nitrogens with one attached hydrogen (secondary N) is 2. The van der Waals surface area contributed by atoms with Crippen LogP contribution in [-0.2, 0) is 6.15 Å². The monoisotopic (exact) mass is 346 g/mol. The molecule has 5 nitrogen and oxygen atoms in total. The fraction of sp³-hybridized carbons (Fsp3) is 1.00. The molecule has 2 radical (unpaired) electrons. The van der Waals surface area contributed by atoms with Crippen LogP contribution in [-0.4, -0.2) is 60.7 Å². The van der Waals surface area contributed by atoms with Crippen molar-refractivity contribution in [2.45, 2.75) is 6.17 Å². The standard InChI is InChI=1S/C2H6N2O.2O.2Sn/c3-2(4)1-5;;;;/h2-5H,1H2;;;;/q-2;;;2*+1. The molecule has 0 aromatic carbocycles. The second-order valence-corrected chi connectivity index (χ2v) is 4.04. The third kappa shape index (κ3) is 5.52. The first-order valence-corrected chi connectivity index (χ1v) is 7.39. The zero-order chi connectivity index (χ0) is 7.11. The van der Waals surface area contributed by atoms with Crippen molar-refractivity contribution in [1.29, 1.82) is 0 Å². The average Bonchev–Trinajstić information content (AvgIpc) is 1.88. The first-order chi connectivity index (χ1) is 4.35. The van der Waals surface area contributed by atoms with Gasteiger partial charge in [0.15, 0.2) is 0 Å². The fourth-order valence-corrected chi connectivity index (χ4v) is 3.19. The molecule has 0 aliphatic carbocycles.